The Hall–Kier alpha value is -2.14. The zero-order valence-electron chi connectivity index (χ0n) is 10.6. The first-order valence-corrected chi connectivity index (χ1v) is 7.78. The zero-order valence-corrected chi connectivity index (χ0v) is 11.4. The Labute approximate surface area is 117 Å². The van der Waals surface area contributed by atoms with Crippen LogP contribution < -0.4 is 5.32 Å². The molecule has 1 amide bonds. The van der Waals surface area contributed by atoms with Crippen LogP contribution in [0.5, 0.6) is 0 Å². The second-order valence-corrected chi connectivity index (χ2v) is 6.71. The van der Waals surface area contributed by atoms with Crippen molar-refractivity contribution in [3.63, 3.8) is 0 Å². The van der Waals surface area contributed by atoms with Crippen LogP contribution in [0.1, 0.15) is 22.4 Å². The lowest BCUT2D eigenvalue weighted by Crippen LogP contribution is -2.24. The van der Waals surface area contributed by atoms with E-state index in [-0.39, 0.29) is 0 Å². The molecule has 2 aromatic rings. The summed E-state index contributed by atoms with van der Waals surface area (Å²) in [5, 5.41) is 1.87. The van der Waals surface area contributed by atoms with Gasteiger partial charge in [-0.25, -0.2) is 8.42 Å². The average molecular weight is 287 g/mol. The Balaban J connectivity index is 2.22. The average Bonchev–Trinajstić information content (AvgIpc) is 2.69. The molecule has 0 saturated heterocycles. The topological polar surface area (TPSA) is 63.2 Å². The van der Waals surface area contributed by atoms with Gasteiger partial charge in [-0.3, -0.25) is 4.79 Å². The molecule has 0 aliphatic carbocycles. The van der Waals surface area contributed by atoms with Gasteiger partial charge in [0.05, 0.1) is 10.9 Å². The summed E-state index contributed by atoms with van der Waals surface area (Å²) in [7, 11) is -3.49. The second kappa shape index (κ2) is 4.76. The summed E-state index contributed by atoms with van der Waals surface area (Å²) < 4.78 is 25.4. The lowest BCUT2D eigenvalue weighted by atomic mass is 9.99. The highest BCUT2D eigenvalue weighted by molar-refractivity contribution is 7.92. The molecular weight excluding hydrogens is 274 g/mol. The summed E-state index contributed by atoms with van der Waals surface area (Å²) in [5.41, 5.74) is 1.33. The molecule has 3 rings (SSSR count). The van der Waals surface area contributed by atoms with Crippen LogP contribution in [0.2, 0.25) is 0 Å². The van der Waals surface area contributed by atoms with E-state index in [1.165, 1.54) is 0 Å². The third-order valence-corrected chi connectivity index (χ3v) is 5.77. The molecule has 102 valence electrons. The van der Waals surface area contributed by atoms with E-state index in [0.29, 0.717) is 22.4 Å². The molecule has 1 N–H and O–H groups in total. The third kappa shape index (κ3) is 1.82. The van der Waals surface area contributed by atoms with Crippen molar-refractivity contribution in [2.45, 2.75) is 16.2 Å². The molecular formula is C15H13NO3S. The quantitative estimate of drug-likeness (QED) is 0.878. The second-order valence-electron chi connectivity index (χ2n) is 4.68. The number of fused-ring (bicyclic) bond motifs is 1. The molecule has 0 radical (unpaired) electrons. The summed E-state index contributed by atoms with van der Waals surface area (Å²) in [5.74, 6) is 0. The van der Waals surface area contributed by atoms with Crippen LogP contribution in [0, 0.1) is 0 Å². The smallest absolute Gasteiger partial charge is 0.207 e. The number of amides is 1. The normalized spacial score (nSPS) is 23.0. The molecule has 0 saturated carbocycles. The number of sulfone groups is 1. The lowest BCUT2D eigenvalue weighted by molar-refractivity contribution is -0.110. The molecule has 2 unspecified atom stereocenters. The molecule has 20 heavy (non-hydrogen) atoms. The highest BCUT2D eigenvalue weighted by Crippen LogP contribution is 2.47. The van der Waals surface area contributed by atoms with Crippen LogP contribution in [-0.2, 0) is 14.6 Å². The highest BCUT2D eigenvalue weighted by Gasteiger charge is 2.45. The number of benzene rings is 2. The maximum Gasteiger partial charge on any atom is 0.207 e. The van der Waals surface area contributed by atoms with E-state index in [4.69, 9.17) is 0 Å². The monoisotopic (exact) mass is 287 g/mol. The number of carbonyl (C=O) groups excluding carboxylic acids is 1. The first-order valence-electron chi connectivity index (χ1n) is 6.23. The maximum absolute atomic E-state index is 12.7. The van der Waals surface area contributed by atoms with Crippen LogP contribution in [0.3, 0.4) is 0 Å². The van der Waals surface area contributed by atoms with Gasteiger partial charge in [0.1, 0.15) is 5.25 Å². The summed E-state index contributed by atoms with van der Waals surface area (Å²) in [4.78, 5) is 11.2. The fourth-order valence-corrected chi connectivity index (χ4v) is 4.90. The molecule has 1 heterocycles. The molecule has 0 bridgehead atoms. The van der Waals surface area contributed by atoms with Crippen LogP contribution in [-0.4, -0.2) is 14.8 Å². The van der Waals surface area contributed by atoms with Crippen molar-refractivity contribution in [1.82, 2.24) is 5.32 Å². The van der Waals surface area contributed by atoms with Crippen LogP contribution in [0.25, 0.3) is 0 Å². The predicted molar refractivity (Wildman–Crippen MR) is 74.8 cm³/mol. The Bertz CT molecular complexity index is 741. The van der Waals surface area contributed by atoms with Crippen molar-refractivity contribution in [2.24, 2.45) is 0 Å². The van der Waals surface area contributed by atoms with Crippen molar-refractivity contribution in [3.8, 4) is 0 Å². The van der Waals surface area contributed by atoms with Crippen LogP contribution >= 0.6 is 0 Å². The van der Waals surface area contributed by atoms with Gasteiger partial charge in [-0.05, 0) is 17.2 Å². The number of carbonyl (C=O) groups is 1. The lowest BCUT2D eigenvalue weighted by Gasteiger charge is -2.18. The summed E-state index contributed by atoms with van der Waals surface area (Å²) in [6.07, 6.45) is 0.554. The number of hydrogen-bond donors (Lipinski definition) is 1. The minimum absolute atomic E-state index is 0.299. The Morgan fingerprint density at radius 3 is 2.30 bits per heavy atom. The largest absolute Gasteiger partial charge is 0.350 e. The molecule has 0 fully saturated rings. The Morgan fingerprint density at radius 2 is 1.60 bits per heavy atom. The summed E-state index contributed by atoms with van der Waals surface area (Å²) >= 11 is 0. The minimum atomic E-state index is -3.49. The van der Waals surface area contributed by atoms with Crippen LogP contribution in [0.4, 0.5) is 0 Å². The number of hydrogen-bond acceptors (Lipinski definition) is 3. The van der Waals surface area contributed by atoms with E-state index in [2.05, 4.69) is 5.32 Å². The Kier molecular flexibility index (Phi) is 3.06. The molecule has 2 atom stereocenters. The minimum Gasteiger partial charge on any atom is -0.350 e. The van der Waals surface area contributed by atoms with Gasteiger partial charge in [-0.15, -0.1) is 0 Å². The summed E-state index contributed by atoms with van der Waals surface area (Å²) in [6.45, 7) is 0. The van der Waals surface area contributed by atoms with Gasteiger partial charge in [0, 0.05) is 0 Å². The van der Waals surface area contributed by atoms with Crippen LogP contribution in [0.15, 0.2) is 59.5 Å². The molecule has 5 heteroatoms. The molecule has 2 aromatic carbocycles. The van der Waals surface area contributed by atoms with Gasteiger partial charge < -0.3 is 5.32 Å². The van der Waals surface area contributed by atoms with Crippen molar-refractivity contribution >= 4 is 16.2 Å². The van der Waals surface area contributed by atoms with Gasteiger partial charge in [0.15, 0.2) is 9.84 Å². The van der Waals surface area contributed by atoms with Gasteiger partial charge in [-0.2, -0.15) is 0 Å². The van der Waals surface area contributed by atoms with Crippen molar-refractivity contribution in [2.75, 3.05) is 0 Å². The first kappa shape index (κ1) is 12.9. The summed E-state index contributed by atoms with van der Waals surface area (Å²) in [6, 6.07) is 15.2. The van der Waals surface area contributed by atoms with E-state index in [9.17, 15) is 13.2 Å². The van der Waals surface area contributed by atoms with Gasteiger partial charge >= 0.3 is 0 Å². The number of nitrogens with one attached hydrogen (secondary N) is 1. The molecule has 1 aliphatic heterocycles. The van der Waals surface area contributed by atoms with E-state index in [1.54, 1.807) is 48.5 Å². The van der Waals surface area contributed by atoms with Gasteiger partial charge in [0.25, 0.3) is 0 Å². The standard InChI is InChI=1S/C15H13NO3S/c17-10-16-14-12-8-4-5-9-13(12)20(18,19)15(14)11-6-2-1-3-7-11/h1-10,14-15H,(H,16,17). The molecule has 0 spiro atoms. The van der Waals surface area contributed by atoms with E-state index in [1.807, 2.05) is 6.07 Å². The van der Waals surface area contributed by atoms with Gasteiger partial charge in [0.2, 0.25) is 6.41 Å². The predicted octanol–water partition coefficient (Wildman–Crippen LogP) is 2.00. The maximum atomic E-state index is 12.7. The molecule has 1 aliphatic rings. The SMILES string of the molecule is O=CNC1c2ccccc2S(=O)(=O)C1c1ccccc1. The number of rotatable bonds is 3. The van der Waals surface area contributed by atoms with Crippen molar-refractivity contribution in [1.29, 1.82) is 0 Å². The van der Waals surface area contributed by atoms with E-state index in [0.717, 1.165) is 0 Å². The molecule has 4 nitrogen and oxygen atoms in total. The van der Waals surface area contributed by atoms with E-state index < -0.39 is 21.1 Å². The Morgan fingerprint density at radius 1 is 0.950 bits per heavy atom. The fourth-order valence-electron chi connectivity index (χ4n) is 2.74. The van der Waals surface area contributed by atoms with E-state index >= 15 is 0 Å². The highest BCUT2D eigenvalue weighted by atomic mass is 32.2. The molecule has 0 aromatic heterocycles. The zero-order chi connectivity index (χ0) is 14.2. The fraction of sp³-hybridized carbons (Fsp3) is 0.133. The van der Waals surface area contributed by atoms with Crippen molar-refractivity contribution in [3.05, 3.63) is 65.7 Å². The first-order chi connectivity index (χ1) is 9.66. The third-order valence-electron chi connectivity index (χ3n) is 3.57. The van der Waals surface area contributed by atoms with Crippen molar-refractivity contribution < 1.29 is 13.2 Å². The van der Waals surface area contributed by atoms with Gasteiger partial charge in [-0.1, -0.05) is 48.5 Å².